The zero-order valence-electron chi connectivity index (χ0n) is 11.4. The Bertz CT molecular complexity index is 583. The quantitative estimate of drug-likeness (QED) is 0.914. The third-order valence-electron chi connectivity index (χ3n) is 2.82. The van der Waals surface area contributed by atoms with Gasteiger partial charge in [0.15, 0.2) is 0 Å². The second kappa shape index (κ2) is 5.48. The van der Waals surface area contributed by atoms with Gasteiger partial charge in [0.05, 0.1) is 11.9 Å². The van der Waals surface area contributed by atoms with Gasteiger partial charge in [0.25, 0.3) is 0 Å². The summed E-state index contributed by atoms with van der Waals surface area (Å²) < 4.78 is 23.5. The molecule has 0 aliphatic heterocycles. The predicted molar refractivity (Wildman–Crippen MR) is 75.5 cm³/mol. The van der Waals surface area contributed by atoms with Gasteiger partial charge in [-0.1, -0.05) is 0 Å². The molecule has 6 nitrogen and oxygen atoms in total. The Morgan fingerprint density at radius 3 is 2.32 bits per heavy atom. The Morgan fingerprint density at radius 2 is 1.95 bits per heavy atom. The molecule has 0 radical (unpaired) electrons. The van der Waals surface area contributed by atoms with Crippen LogP contribution in [0.3, 0.4) is 0 Å². The van der Waals surface area contributed by atoms with Crippen LogP contribution in [0.5, 0.6) is 0 Å². The van der Waals surface area contributed by atoms with E-state index in [0.717, 1.165) is 18.5 Å². The first-order valence-corrected chi connectivity index (χ1v) is 7.58. The van der Waals surface area contributed by atoms with Crippen LogP contribution in [0.4, 0.5) is 16.2 Å². The number of rotatable bonds is 4. The van der Waals surface area contributed by atoms with E-state index in [1.165, 1.54) is 6.07 Å². The first-order valence-electron chi connectivity index (χ1n) is 5.73. The van der Waals surface area contributed by atoms with Gasteiger partial charge in [0.2, 0.25) is 10.0 Å². The van der Waals surface area contributed by atoms with Gasteiger partial charge in [-0.15, -0.1) is 0 Å². The van der Waals surface area contributed by atoms with Gasteiger partial charge < -0.3 is 10.0 Å². The normalized spacial score (nSPS) is 11.2. The molecule has 7 heteroatoms. The summed E-state index contributed by atoms with van der Waals surface area (Å²) in [4.78, 5) is 13.1. The minimum atomic E-state index is -3.86. The molecule has 0 fully saturated rings. The zero-order valence-corrected chi connectivity index (χ0v) is 12.2. The summed E-state index contributed by atoms with van der Waals surface area (Å²) in [5, 5.41) is 9.05. The van der Waals surface area contributed by atoms with Gasteiger partial charge in [-0.3, -0.25) is 0 Å². The van der Waals surface area contributed by atoms with Crippen molar-refractivity contribution in [2.45, 2.75) is 13.8 Å². The van der Waals surface area contributed by atoms with Crippen LogP contribution >= 0.6 is 0 Å². The summed E-state index contributed by atoms with van der Waals surface area (Å²) in [6.07, 6.45) is -0.644. The van der Waals surface area contributed by atoms with Crippen molar-refractivity contribution in [2.75, 3.05) is 29.1 Å². The second-order valence-corrected chi connectivity index (χ2v) is 6.13. The van der Waals surface area contributed by atoms with Crippen molar-refractivity contribution in [3.05, 3.63) is 23.8 Å². The van der Waals surface area contributed by atoms with Crippen LogP contribution < -0.4 is 9.21 Å². The number of hydrogen-bond donors (Lipinski definition) is 1. The van der Waals surface area contributed by atoms with E-state index in [0.29, 0.717) is 9.87 Å². The summed E-state index contributed by atoms with van der Waals surface area (Å²) in [6, 6.07) is 4.97. The molecule has 1 rings (SSSR count). The lowest BCUT2D eigenvalue weighted by atomic mass is 10.1. The molecule has 106 valence electrons. The van der Waals surface area contributed by atoms with Gasteiger partial charge in [-0.25, -0.2) is 13.2 Å². The lowest BCUT2D eigenvalue weighted by molar-refractivity contribution is 0.206. The molecule has 0 heterocycles. The first-order chi connectivity index (χ1) is 8.68. The van der Waals surface area contributed by atoms with Gasteiger partial charge in [-0.2, -0.15) is 4.31 Å². The number of nitrogens with zero attached hydrogens (tertiary/aromatic N) is 2. The van der Waals surface area contributed by atoms with E-state index in [1.54, 1.807) is 19.1 Å². The molecule has 1 aromatic rings. The molecule has 0 aliphatic rings. The number of benzene rings is 1. The van der Waals surface area contributed by atoms with Crippen molar-refractivity contribution in [1.82, 2.24) is 0 Å². The van der Waals surface area contributed by atoms with Crippen LogP contribution in [-0.2, 0) is 10.0 Å². The molecule has 0 bridgehead atoms. The molecule has 0 spiro atoms. The topological polar surface area (TPSA) is 77.9 Å². The van der Waals surface area contributed by atoms with Crippen molar-refractivity contribution in [3.8, 4) is 0 Å². The summed E-state index contributed by atoms with van der Waals surface area (Å²) in [5.74, 6) is 0. The van der Waals surface area contributed by atoms with Crippen LogP contribution in [0.2, 0.25) is 0 Å². The Labute approximate surface area is 113 Å². The molecule has 0 saturated carbocycles. The summed E-state index contributed by atoms with van der Waals surface area (Å²) >= 11 is 0. The third kappa shape index (κ3) is 3.37. The third-order valence-corrected chi connectivity index (χ3v) is 3.84. The van der Waals surface area contributed by atoms with E-state index in [-0.39, 0.29) is 5.69 Å². The minimum Gasteiger partial charge on any atom is -0.464 e. The SMILES string of the molecule is CCN(C)c1ccc(N(C(=O)O)S(C)(=O)=O)c(C)c1. The fraction of sp³-hybridized carbons (Fsp3) is 0.417. The maximum atomic E-state index is 11.5. The molecule has 0 aliphatic carbocycles. The lowest BCUT2D eigenvalue weighted by Crippen LogP contribution is -2.35. The molecule has 1 N–H and O–H groups in total. The van der Waals surface area contributed by atoms with Crippen molar-refractivity contribution in [2.24, 2.45) is 0 Å². The van der Waals surface area contributed by atoms with E-state index in [1.807, 2.05) is 18.9 Å². The smallest absolute Gasteiger partial charge is 0.425 e. The van der Waals surface area contributed by atoms with Gasteiger partial charge >= 0.3 is 6.09 Å². The lowest BCUT2D eigenvalue weighted by Gasteiger charge is -2.22. The monoisotopic (exact) mass is 286 g/mol. The van der Waals surface area contributed by atoms with Gasteiger partial charge in [0.1, 0.15) is 0 Å². The maximum absolute atomic E-state index is 11.5. The first kappa shape index (κ1) is 15.3. The van der Waals surface area contributed by atoms with Crippen LogP contribution in [0.25, 0.3) is 0 Å². The highest BCUT2D eigenvalue weighted by molar-refractivity contribution is 7.92. The van der Waals surface area contributed by atoms with E-state index in [9.17, 15) is 13.2 Å². The average Bonchev–Trinajstić information content (AvgIpc) is 2.28. The summed E-state index contributed by atoms with van der Waals surface area (Å²) in [6.45, 7) is 4.47. The Morgan fingerprint density at radius 1 is 1.37 bits per heavy atom. The molecular weight excluding hydrogens is 268 g/mol. The zero-order chi connectivity index (χ0) is 14.8. The molecule has 1 aromatic carbocycles. The van der Waals surface area contributed by atoms with Crippen molar-refractivity contribution in [1.29, 1.82) is 0 Å². The maximum Gasteiger partial charge on any atom is 0.425 e. The number of hydrogen-bond acceptors (Lipinski definition) is 4. The number of amides is 1. The Kier molecular flexibility index (Phi) is 4.41. The summed E-state index contributed by atoms with van der Waals surface area (Å²) in [7, 11) is -1.96. The number of aryl methyl sites for hydroxylation is 1. The molecule has 0 atom stereocenters. The van der Waals surface area contributed by atoms with Crippen molar-refractivity contribution < 1.29 is 18.3 Å². The fourth-order valence-electron chi connectivity index (χ4n) is 1.71. The second-order valence-electron chi connectivity index (χ2n) is 4.29. The highest BCUT2D eigenvalue weighted by Gasteiger charge is 2.26. The standard InChI is InChI=1S/C12H18N2O4S/c1-5-13(3)10-6-7-11(9(2)8-10)14(12(15)16)19(4,17)18/h6-8H,5H2,1-4H3,(H,15,16). The van der Waals surface area contributed by atoms with Crippen LogP contribution in [0.1, 0.15) is 12.5 Å². The Balaban J connectivity index is 3.32. The van der Waals surface area contributed by atoms with Crippen molar-refractivity contribution >= 4 is 27.5 Å². The number of carboxylic acid groups (broad SMARTS) is 1. The van der Waals surface area contributed by atoms with Crippen LogP contribution in [0, 0.1) is 6.92 Å². The number of anilines is 2. The molecule has 0 aromatic heterocycles. The van der Waals surface area contributed by atoms with Crippen LogP contribution in [-0.4, -0.2) is 39.5 Å². The molecule has 19 heavy (non-hydrogen) atoms. The molecule has 0 unspecified atom stereocenters. The van der Waals surface area contributed by atoms with Gasteiger partial charge in [0, 0.05) is 19.3 Å². The highest BCUT2D eigenvalue weighted by atomic mass is 32.2. The number of sulfonamides is 1. The van der Waals surface area contributed by atoms with Crippen LogP contribution in [0.15, 0.2) is 18.2 Å². The van der Waals surface area contributed by atoms with E-state index in [2.05, 4.69) is 0 Å². The van der Waals surface area contributed by atoms with E-state index in [4.69, 9.17) is 5.11 Å². The van der Waals surface area contributed by atoms with E-state index >= 15 is 0 Å². The highest BCUT2D eigenvalue weighted by Crippen LogP contribution is 2.27. The van der Waals surface area contributed by atoms with E-state index < -0.39 is 16.1 Å². The van der Waals surface area contributed by atoms with Gasteiger partial charge in [-0.05, 0) is 37.6 Å². The molecule has 1 amide bonds. The largest absolute Gasteiger partial charge is 0.464 e. The van der Waals surface area contributed by atoms with Crippen molar-refractivity contribution in [3.63, 3.8) is 0 Å². The average molecular weight is 286 g/mol. The fourth-order valence-corrected chi connectivity index (χ4v) is 2.56. The summed E-state index contributed by atoms with van der Waals surface area (Å²) in [5.41, 5.74) is 1.65. The Hall–Kier alpha value is -1.76. The predicted octanol–water partition coefficient (Wildman–Crippen LogP) is 1.90. The molecular formula is C12H18N2O4S. The number of carbonyl (C=O) groups is 1. The molecule has 0 saturated heterocycles. The minimum absolute atomic E-state index is 0.156.